The highest BCUT2D eigenvalue weighted by Gasteiger charge is 2.39. The van der Waals surface area contributed by atoms with Crippen LogP contribution in [0.4, 0.5) is 4.39 Å². The molecule has 4 rings (SSSR count). The largest absolute Gasteiger partial charge is 0.439 e. The summed E-state index contributed by atoms with van der Waals surface area (Å²) in [6.45, 7) is 4.52. The van der Waals surface area contributed by atoms with Gasteiger partial charge in [-0.25, -0.2) is 9.37 Å². The SMILES string of the molecule is Fc1ccccc1-c1cnc(CN2CCC3(CCCOC3)C2)o1. The molecule has 1 unspecified atom stereocenters. The molecule has 2 aliphatic heterocycles. The van der Waals surface area contributed by atoms with E-state index in [0.29, 0.717) is 29.2 Å². The summed E-state index contributed by atoms with van der Waals surface area (Å²) in [5.41, 5.74) is 0.781. The Hall–Kier alpha value is -1.72. The highest BCUT2D eigenvalue weighted by molar-refractivity contribution is 5.56. The Labute approximate surface area is 135 Å². The average molecular weight is 316 g/mol. The quantitative estimate of drug-likeness (QED) is 0.869. The minimum atomic E-state index is -0.283. The Morgan fingerprint density at radius 2 is 2.17 bits per heavy atom. The van der Waals surface area contributed by atoms with E-state index >= 15 is 0 Å². The van der Waals surface area contributed by atoms with Gasteiger partial charge in [-0.15, -0.1) is 0 Å². The van der Waals surface area contributed by atoms with Crippen molar-refractivity contribution in [2.75, 3.05) is 26.3 Å². The maximum atomic E-state index is 13.8. The number of ether oxygens (including phenoxy) is 1. The zero-order valence-electron chi connectivity index (χ0n) is 13.1. The van der Waals surface area contributed by atoms with E-state index in [1.165, 1.54) is 18.9 Å². The Bertz CT molecular complexity index is 679. The van der Waals surface area contributed by atoms with Crippen LogP contribution in [0.15, 0.2) is 34.9 Å². The van der Waals surface area contributed by atoms with E-state index in [1.807, 2.05) is 0 Å². The molecule has 1 spiro atoms. The van der Waals surface area contributed by atoms with Gasteiger partial charge in [-0.2, -0.15) is 0 Å². The van der Waals surface area contributed by atoms with Crippen molar-refractivity contribution in [3.05, 3.63) is 42.2 Å². The van der Waals surface area contributed by atoms with Gasteiger partial charge in [0.1, 0.15) is 5.82 Å². The number of hydrogen-bond acceptors (Lipinski definition) is 4. The third-order valence-corrected chi connectivity index (χ3v) is 4.97. The predicted octanol–water partition coefficient (Wildman–Crippen LogP) is 3.48. The summed E-state index contributed by atoms with van der Waals surface area (Å²) in [5, 5.41) is 0. The van der Waals surface area contributed by atoms with Crippen LogP contribution in [0.5, 0.6) is 0 Å². The van der Waals surface area contributed by atoms with Gasteiger partial charge in [-0.05, 0) is 37.9 Å². The number of likely N-dealkylation sites (tertiary alicyclic amines) is 1. The van der Waals surface area contributed by atoms with Crippen molar-refractivity contribution in [1.82, 2.24) is 9.88 Å². The lowest BCUT2D eigenvalue weighted by Gasteiger charge is -2.33. The number of oxazole rings is 1. The molecule has 1 aromatic carbocycles. The van der Waals surface area contributed by atoms with Gasteiger partial charge in [0.15, 0.2) is 5.76 Å². The van der Waals surface area contributed by atoms with Crippen LogP contribution < -0.4 is 0 Å². The molecule has 3 heterocycles. The molecule has 1 aromatic heterocycles. The molecule has 0 amide bonds. The van der Waals surface area contributed by atoms with Crippen molar-refractivity contribution in [3.8, 4) is 11.3 Å². The second kappa shape index (κ2) is 6.06. The molecule has 0 bridgehead atoms. The summed E-state index contributed by atoms with van der Waals surface area (Å²) >= 11 is 0. The third kappa shape index (κ3) is 3.03. The van der Waals surface area contributed by atoms with E-state index in [-0.39, 0.29) is 5.82 Å². The minimum Gasteiger partial charge on any atom is -0.439 e. The normalized spacial score (nSPS) is 25.3. The maximum Gasteiger partial charge on any atom is 0.209 e. The van der Waals surface area contributed by atoms with E-state index in [4.69, 9.17) is 9.15 Å². The van der Waals surface area contributed by atoms with E-state index < -0.39 is 0 Å². The zero-order valence-corrected chi connectivity index (χ0v) is 13.1. The van der Waals surface area contributed by atoms with Crippen LogP contribution in [0.2, 0.25) is 0 Å². The first-order valence-corrected chi connectivity index (χ1v) is 8.24. The molecule has 2 aromatic rings. The summed E-state index contributed by atoms with van der Waals surface area (Å²) in [4.78, 5) is 6.69. The molecule has 1 atom stereocenters. The van der Waals surface area contributed by atoms with Crippen LogP contribution in [0.25, 0.3) is 11.3 Å². The monoisotopic (exact) mass is 316 g/mol. The molecule has 2 saturated heterocycles. The van der Waals surface area contributed by atoms with Crippen LogP contribution in [-0.2, 0) is 11.3 Å². The van der Waals surface area contributed by atoms with Gasteiger partial charge in [0, 0.05) is 18.6 Å². The first kappa shape index (κ1) is 14.8. The van der Waals surface area contributed by atoms with E-state index in [1.54, 1.807) is 24.4 Å². The smallest absolute Gasteiger partial charge is 0.209 e. The van der Waals surface area contributed by atoms with E-state index in [0.717, 1.165) is 32.7 Å². The predicted molar refractivity (Wildman–Crippen MR) is 84.3 cm³/mol. The number of aromatic nitrogens is 1. The maximum absolute atomic E-state index is 13.8. The molecule has 122 valence electrons. The highest BCUT2D eigenvalue weighted by atomic mass is 19.1. The van der Waals surface area contributed by atoms with Crippen molar-refractivity contribution < 1.29 is 13.5 Å². The van der Waals surface area contributed by atoms with Crippen LogP contribution in [0.3, 0.4) is 0 Å². The lowest BCUT2D eigenvalue weighted by Crippen LogP contribution is -2.34. The van der Waals surface area contributed by atoms with Crippen molar-refractivity contribution in [3.63, 3.8) is 0 Å². The fourth-order valence-corrected chi connectivity index (χ4v) is 3.75. The van der Waals surface area contributed by atoms with Gasteiger partial charge < -0.3 is 9.15 Å². The van der Waals surface area contributed by atoms with Gasteiger partial charge in [-0.3, -0.25) is 4.90 Å². The second-order valence-corrected chi connectivity index (χ2v) is 6.71. The van der Waals surface area contributed by atoms with Crippen LogP contribution >= 0.6 is 0 Å². The van der Waals surface area contributed by atoms with Gasteiger partial charge >= 0.3 is 0 Å². The Morgan fingerprint density at radius 3 is 3.00 bits per heavy atom. The molecule has 23 heavy (non-hydrogen) atoms. The number of rotatable bonds is 3. The molecule has 5 heteroatoms. The fourth-order valence-electron chi connectivity index (χ4n) is 3.75. The van der Waals surface area contributed by atoms with Crippen LogP contribution in [0.1, 0.15) is 25.2 Å². The Balaban J connectivity index is 1.44. The number of hydrogen-bond donors (Lipinski definition) is 0. The van der Waals surface area contributed by atoms with Crippen molar-refractivity contribution in [2.45, 2.75) is 25.8 Å². The third-order valence-electron chi connectivity index (χ3n) is 4.97. The van der Waals surface area contributed by atoms with E-state index in [9.17, 15) is 4.39 Å². The van der Waals surface area contributed by atoms with Gasteiger partial charge in [0.2, 0.25) is 5.89 Å². The first-order chi connectivity index (χ1) is 11.2. The summed E-state index contributed by atoms with van der Waals surface area (Å²) in [5.74, 6) is 0.861. The average Bonchev–Trinajstić information content (AvgIpc) is 3.17. The molecular weight excluding hydrogens is 295 g/mol. The summed E-state index contributed by atoms with van der Waals surface area (Å²) in [6.07, 6.45) is 5.19. The molecule has 2 fully saturated rings. The molecule has 2 aliphatic rings. The number of nitrogens with zero attached hydrogens (tertiary/aromatic N) is 2. The summed E-state index contributed by atoms with van der Waals surface area (Å²) in [7, 11) is 0. The van der Waals surface area contributed by atoms with Gasteiger partial charge in [0.05, 0.1) is 24.9 Å². The van der Waals surface area contributed by atoms with Crippen molar-refractivity contribution in [2.24, 2.45) is 5.41 Å². The van der Waals surface area contributed by atoms with Gasteiger partial charge in [0.25, 0.3) is 0 Å². The molecular formula is C18H21FN2O2. The van der Waals surface area contributed by atoms with Crippen molar-refractivity contribution in [1.29, 1.82) is 0 Å². The molecule has 0 saturated carbocycles. The Kier molecular flexibility index (Phi) is 3.91. The molecule has 0 radical (unpaired) electrons. The highest BCUT2D eigenvalue weighted by Crippen LogP contribution is 2.38. The van der Waals surface area contributed by atoms with Crippen LogP contribution in [0, 0.1) is 11.2 Å². The minimum absolute atomic E-state index is 0.283. The van der Waals surface area contributed by atoms with Crippen LogP contribution in [-0.4, -0.2) is 36.2 Å². The van der Waals surface area contributed by atoms with Crippen molar-refractivity contribution >= 4 is 0 Å². The first-order valence-electron chi connectivity index (χ1n) is 8.24. The Morgan fingerprint density at radius 1 is 1.26 bits per heavy atom. The van der Waals surface area contributed by atoms with E-state index in [2.05, 4.69) is 9.88 Å². The number of halogens is 1. The molecule has 0 aliphatic carbocycles. The lowest BCUT2D eigenvalue weighted by atomic mass is 9.82. The second-order valence-electron chi connectivity index (χ2n) is 6.71. The molecule has 4 nitrogen and oxygen atoms in total. The number of benzene rings is 1. The lowest BCUT2D eigenvalue weighted by molar-refractivity contribution is -0.00280. The summed E-state index contributed by atoms with van der Waals surface area (Å²) in [6, 6.07) is 6.62. The standard InChI is InChI=1S/C18H21FN2O2/c19-15-5-2-1-4-14(15)16-10-20-17(23-16)11-21-8-7-18(12-21)6-3-9-22-13-18/h1-2,4-5,10H,3,6-9,11-13H2. The fraction of sp³-hybridized carbons (Fsp3) is 0.500. The molecule has 0 N–H and O–H groups in total. The topological polar surface area (TPSA) is 38.5 Å². The zero-order chi connectivity index (χ0) is 15.7. The van der Waals surface area contributed by atoms with Gasteiger partial charge in [-0.1, -0.05) is 12.1 Å². The summed E-state index contributed by atoms with van der Waals surface area (Å²) < 4.78 is 25.3.